The number of amides is 2. The number of rotatable bonds is 5. The molecule has 27 heavy (non-hydrogen) atoms. The van der Waals surface area contributed by atoms with Gasteiger partial charge in [0.05, 0.1) is 0 Å². The number of nitrogens with one attached hydrogen (secondary N) is 2. The Hall–Kier alpha value is -3.23. The normalized spacial score (nSPS) is 11.4. The fourth-order valence-electron chi connectivity index (χ4n) is 2.40. The molecule has 0 unspecified atom stereocenters. The standard InChI is InChI=1S/C18H16F3N3O3/c1-2-3-16-24-14-9-6-12(10-15(14)26-16)23-17(25)22-11-4-7-13(8-5-11)27-18(19,20)21/h4-10H,2-3H2,1H3,(H2,22,23,25). The Bertz CT molecular complexity index is 936. The number of aryl methyl sites for hydroxylation is 1. The lowest BCUT2D eigenvalue weighted by Crippen LogP contribution is -2.19. The van der Waals surface area contributed by atoms with Crippen molar-refractivity contribution >= 4 is 28.5 Å². The lowest BCUT2D eigenvalue weighted by atomic mass is 10.3. The second-order valence-electron chi connectivity index (χ2n) is 5.69. The minimum absolute atomic E-state index is 0.313. The van der Waals surface area contributed by atoms with Crippen molar-refractivity contribution in [3.8, 4) is 5.75 Å². The average Bonchev–Trinajstić information content (AvgIpc) is 2.97. The Labute approximate surface area is 152 Å². The monoisotopic (exact) mass is 379 g/mol. The number of oxazole rings is 1. The van der Waals surface area contributed by atoms with Crippen LogP contribution in [0.15, 0.2) is 46.9 Å². The molecule has 3 rings (SSSR count). The highest BCUT2D eigenvalue weighted by atomic mass is 19.4. The third-order valence-corrected chi connectivity index (χ3v) is 3.50. The number of carbonyl (C=O) groups is 1. The van der Waals surface area contributed by atoms with Crippen LogP contribution in [0, 0.1) is 0 Å². The van der Waals surface area contributed by atoms with E-state index in [4.69, 9.17) is 4.42 Å². The quantitative estimate of drug-likeness (QED) is 0.629. The van der Waals surface area contributed by atoms with Gasteiger partial charge in [-0.05, 0) is 42.8 Å². The van der Waals surface area contributed by atoms with Crippen molar-refractivity contribution in [2.45, 2.75) is 26.1 Å². The van der Waals surface area contributed by atoms with Gasteiger partial charge in [-0.1, -0.05) is 6.92 Å². The molecule has 0 radical (unpaired) electrons. The minimum Gasteiger partial charge on any atom is -0.441 e. The van der Waals surface area contributed by atoms with Crippen LogP contribution >= 0.6 is 0 Å². The third kappa shape index (κ3) is 5.13. The first-order valence-corrected chi connectivity index (χ1v) is 8.15. The lowest BCUT2D eigenvalue weighted by Gasteiger charge is -2.10. The zero-order valence-electron chi connectivity index (χ0n) is 14.3. The highest BCUT2D eigenvalue weighted by Gasteiger charge is 2.30. The van der Waals surface area contributed by atoms with Gasteiger partial charge in [-0.25, -0.2) is 9.78 Å². The first-order chi connectivity index (χ1) is 12.8. The van der Waals surface area contributed by atoms with Crippen LogP contribution in [-0.4, -0.2) is 17.4 Å². The van der Waals surface area contributed by atoms with E-state index in [0.29, 0.717) is 28.4 Å². The van der Waals surface area contributed by atoms with Crippen molar-refractivity contribution in [3.05, 3.63) is 48.4 Å². The molecule has 2 N–H and O–H groups in total. The minimum atomic E-state index is -4.76. The number of hydrogen-bond donors (Lipinski definition) is 2. The maximum absolute atomic E-state index is 12.1. The van der Waals surface area contributed by atoms with E-state index in [1.165, 1.54) is 12.1 Å². The fourth-order valence-corrected chi connectivity index (χ4v) is 2.40. The summed E-state index contributed by atoms with van der Waals surface area (Å²) in [6, 6.07) is 9.35. The molecule has 142 valence electrons. The number of urea groups is 1. The van der Waals surface area contributed by atoms with E-state index in [0.717, 1.165) is 25.0 Å². The van der Waals surface area contributed by atoms with Gasteiger partial charge in [0.25, 0.3) is 0 Å². The molecular weight excluding hydrogens is 363 g/mol. The molecule has 0 fully saturated rings. The molecule has 0 aliphatic carbocycles. The first-order valence-electron chi connectivity index (χ1n) is 8.15. The molecule has 0 spiro atoms. The molecule has 1 heterocycles. The van der Waals surface area contributed by atoms with Crippen LogP contribution in [0.2, 0.25) is 0 Å². The van der Waals surface area contributed by atoms with E-state index in [-0.39, 0.29) is 5.75 Å². The number of halogens is 3. The number of fused-ring (bicyclic) bond motifs is 1. The van der Waals surface area contributed by atoms with Crippen molar-refractivity contribution in [2.24, 2.45) is 0 Å². The zero-order chi connectivity index (χ0) is 19.4. The lowest BCUT2D eigenvalue weighted by molar-refractivity contribution is -0.274. The van der Waals surface area contributed by atoms with Crippen molar-refractivity contribution in [1.29, 1.82) is 0 Å². The Morgan fingerprint density at radius 1 is 1.11 bits per heavy atom. The van der Waals surface area contributed by atoms with Gasteiger partial charge >= 0.3 is 12.4 Å². The van der Waals surface area contributed by atoms with E-state index >= 15 is 0 Å². The molecule has 6 nitrogen and oxygen atoms in total. The van der Waals surface area contributed by atoms with Gasteiger partial charge in [0.1, 0.15) is 11.3 Å². The van der Waals surface area contributed by atoms with Crippen LogP contribution in [0.25, 0.3) is 11.1 Å². The first kappa shape index (κ1) is 18.6. The van der Waals surface area contributed by atoms with Gasteiger partial charge in [-0.2, -0.15) is 0 Å². The molecule has 9 heteroatoms. The average molecular weight is 379 g/mol. The highest BCUT2D eigenvalue weighted by molar-refractivity contribution is 6.00. The Morgan fingerprint density at radius 2 is 1.78 bits per heavy atom. The molecular formula is C18H16F3N3O3. The van der Waals surface area contributed by atoms with Crippen molar-refractivity contribution in [1.82, 2.24) is 4.98 Å². The molecule has 3 aromatic rings. The molecule has 0 saturated heterocycles. The predicted molar refractivity (Wildman–Crippen MR) is 93.8 cm³/mol. The summed E-state index contributed by atoms with van der Waals surface area (Å²) in [4.78, 5) is 16.4. The molecule has 1 aromatic heterocycles. The van der Waals surface area contributed by atoms with E-state index in [9.17, 15) is 18.0 Å². The molecule has 0 aliphatic rings. The number of ether oxygens (including phenoxy) is 1. The van der Waals surface area contributed by atoms with Crippen LogP contribution in [-0.2, 0) is 6.42 Å². The zero-order valence-corrected chi connectivity index (χ0v) is 14.3. The van der Waals surface area contributed by atoms with Crippen LogP contribution in [0.5, 0.6) is 5.75 Å². The van der Waals surface area contributed by atoms with Gasteiger partial charge in [0.15, 0.2) is 11.5 Å². The molecule has 0 atom stereocenters. The maximum Gasteiger partial charge on any atom is 0.573 e. The van der Waals surface area contributed by atoms with Gasteiger partial charge in [0, 0.05) is 23.9 Å². The van der Waals surface area contributed by atoms with Crippen LogP contribution in [0.4, 0.5) is 29.3 Å². The van der Waals surface area contributed by atoms with E-state index in [2.05, 4.69) is 20.4 Å². The summed E-state index contributed by atoms with van der Waals surface area (Å²) in [7, 11) is 0. The van der Waals surface area contributed by atoms with Crippen molar-refractivity contribution in [2.75, 3.05) is 10.6 Å². The van der Waals surface area contributed by atoms with Gasteiger partial charge in [-0.15, -0.1) is 13.2 Å². The topological polar surface area (TPSA) is 76.4 Å². The highest BCUT2D eigenvalue weighted by Crippen LogP contribution is 2.24. The SMILES string of the molecule is CCCc1nc2ccc(NC(=O)Nc3ccc(OC(F)(F)F)cc3)cc2o1. The number of carbonyl (C=O) groups excluding carboxylic acids is 1. The summed E-state index contributed by atoms with van der Waals surface area (Å²) in [5, 5.41) is 5.15. The van der Waals surface area contributed by atoms with Crippen molar-refractivity contribution < 1.29 is 27.1 Å². The molecule has 0 saturated carbocycles. The third-order valence-electron chi connectivity index (χ3n) is 3.50. The van der Waals surface area contributed by atoms with Crippen LogP contribution in [0.1, 0.15) is 19.2 Å². The Balaban J connectivity index is 1.62. The van der Waals surface area contributed by atoms with E-state index in [1.54, 1.807) is 18.2 Å². The molecule has 0 aliphatic heterocycles. The van der Waals surface area contributed by atoms with Crippen LogP contribution < -0.4 is 15.4 Å². The molecule has 0 bridgehead atoms. The smallest absolute Gasteiger partial charge is 0.441 e. The van der Waals surface area contributed by atoms with Crippen LogP contribution in [0.3, 0.4) is 0 Å². The summed E-state index contributed by atoms with van der Waals surface area (Å²) >= 11 is 0. The number of hydrogen-bond acceptors (Lipinski definition) is 4. The molecule has 2 amide bonds. The number of benzene rings is 2. The van der Waals surface area contributed by atoms with E-state index < -0.39 is 12.4 Å². The fraction of sp³-hybridized carbons (Fsp3) is 0.222. The van der Waals surface area contributed by atoms with Gasteiger partial charge in [0.2, 0.25) is 0 Å². The van der Waals surface area contributed by atoms with E-state index in [1.807, 2.05) is 6.92 Å². The summed E-state index contributed by atoms with van der Waals surface area (Å²) in [6.07, 6.45) is -3.12. The Morgan fingerprint density at radius 3 is 2.44 bits per heavy atom. The summed E-state index contributed by atoms with van der Waals surface area (Å²) in [5.74, 6) is 0.266. The number of anilines is 2. The number of alkyl halides is 3. The second-order valence-corrected chi connectivity index (χ2v) is 5.69. The van der Waals surface area contributed by atoms with Gasteiger partial charge < -0.3 is 19.8 Å². The van der Waals surface area contributed by atoms with Crippen molar-refractivity contribution in [3.63, 3.8) is 0 Å². The number of aromatic nitrogens is 1. The Kier molecular flexibility index (Phi) is 5.20. The summed E-state index contributed by atoms with van der Waals surface area (Å²) in [5.41, 5.74) is 2.07. The predicted octanol–water partition coefficient (Wildman–Crippen LogP) is 5.32. The second kappa shape index (κ2) is 7.56. The number of nitrogens with zero attached hydrogens (tertiary/aromatic N) is 1. The van der Waals surface area contributed by atoms with Gasteiger partial charge in [-0.3, -0.25) is 0 Å². The molecule has 2 aromatic carbocycles. The summed E-state index contributed by atoms with van der Waals surface area (Å²) in [6.45, 7) is 2.02. The maximum atomic E-state index is 12.1. The summed E-state index contributed by atoms with van der Waals surface area (Å²) < 4.78 is 45.8. The largest absolute Gasteiger partial charge is 0.573 e.